The Morgan fingerprint density at radius 3 is 2.00 bits per heavy atom. The molecule has 6 heteroatoms. The number of carbonyl (C=O) groups excluding carboxylic acids is 1. The first-order chi connectivity index (χ1) is 7.81. The average Bonchev–Trinajstić information content (AvgIpc) is 2.26. The molecule has 0 saturated carbocycles. The second-order valence-corrected chi connectivity index (χ2v) is 3.35. The third-order valence-electron chi connectivity index (χ3n) is 2.23. The first-order valence-electron chi connectivity index (χ1n) is 4.65. The van der Waals surface area contributed by atoms with Crippen molar-refractivity contribution >= 4 is 5.78 Å². The van der Waals surface area contributed by atoms with E-state index in [4.69, 9.17) is 9.47 Å². The first kappa shape index (κ1) is 13.3. The zero-order valence-electron chi connectivity index (χ0n) is 9.51. The second-order valence-electron chi connectivity index (χ2n) is 3.35. The van der Waals surface area contributed by atoms with Crippen molar-refractivity contribution in [3.63, 3.8) is 0 Å². The molecule has 0 fully saturated rings. The number of ether oxygens (including phenoxy) is 2. The van der Waals surface area contributed by atoms with Gasteiger partial charge >= 0.3 is 6.18 Å². The summed E-state index contributed by atoms with van der Waals surface area (Å²) in [5.74, 6) is -1.52. The maximum atomic E-state index is 12.3. The number of benzene rings is 1. The number of Topliss-reactive ketones (excluding diaryl/α,β-unsaturated/α-hetero) is 1. The molecule has 1 rings (SSSR count). The summed E-state index contributed by atoms with van der Waals surface area (Å²) in [5.41, 5.74) is -0.250. The molecule has 0 amide bonds. The van der Waals surface area contributed by atoms with Crippen LogP contribution in [0.15, 0.2) is 12.1 Å². The quantitative estimate of drug-likeness (QED) is 0.771. The van der Waals surface area contributed by atoms with E-state index in [1.54, 1.807) is 0 Å². The highest BCUT2D eigenvalue weighted by Crippen LogP contribution is 2.33. The zero-order valence-corrected chi connectivity index (χ0v) is 9.51. The van der Waals surface area contributed by atoms with Crippen molar-refractivity contribution in [3.05, 3.63) is 23.3 Å². The Bertz CT molecular complexity index is 438. The summed E-state index contributed by atoms with van der Waals surface area (Å²) in [7, 11) is 2.65. The van der Waals surface area contributed by atoms with Gasteiger partial charge in [0.1, 0.15) is 0 Å². The van der Waals surface area contributed by atoms with Gasteiger partial charge in [0.15, 0.2) is 11.5 Å². The van der Waals surface area contributed by atoms with E-state index in [9.17, 15) is 18.0 Å². The number of alkyl halides is 3. The van der Waals surface area contributed by atoms with Crippen LogP contribution in [-0.2, 0) is 0 Å². The van der Waals surface area contributed by atoms with Gasteiger partial charge in [0, 0.05) is 5.56 Å². The van der Waals surface area contributed by atoms with Gasteiger partial charge in [-0.15, -0.1) is 0 Å². The Labute approximate surface area is 96.1 Å². The number of ketones is 1. The molecule has 17 heavy (non-hydrogen) atoms. The lowest BCUT2D eigenvalue weighted by Gasteiger charge is -2.13. The van der Waals surface area contributed by atoms with Crippen LogP contribution in [0.4, 0.5) is 13.2 Å². The van der Waals surface area contributed by atoms with Crippen LogP contribution < -0.4 is 9.47 Å². The minimum atomic E-state index is -4.90. The van der Waals surface area contributed by atoms with Gasteiger partial charge in [-0.2, -0.15) is 13.2 Å². The molecule has 0 aliphatic heterocycles. The van der Waals surface area contributed by atoms with Crippen molar-refractivity contribution in [2.75, 3.05) is 14.2 Å². The average molecular weight is 248 g/mol. The fraction of sp³-hybridized carbons (Fsp3) is 0.364. The summed E-state index contributed by atoms with van der Waals surface area (Å²) in [6.45, 7) is 1.40. The molecule has 1 aromatic carbocycles. The molecule has 3 nitrogen and oxygen atoms in total. The first-order valence-corrected chi connectivity index (χ1v) is 4.65. The molecule has 0 bridgehead atoms. The maximum Gasteiger partial charge on any atom is 0.454 e. The molecule has 0 atom stereocenters. The van der Waals surface area contributed by atoms with E-state index in [2.05, 4.69) is 0 Å². The summed E-state index contributed by atoms with van der Waals surface area (Å²) < 4.78 is 46.7. The van der Waals surface area contributed by atoms with Crippen LogP contribution >= 0.6 is 0 Å². The molecule has 0 saturated heterocycles. The van der Waals surface area contributed by atoms with Crippen LogP contribution in [-0.4, -0.2) is 26.2 Å². The predicted molar refractivity (Wildman–Crippen MR) is 54.7 cm³/mol. The highest BCUT2D eigenvalue weighted by molar-refractivity contribution is 6.02. The van der Waals surface area contributed by atoms with E-state index in [-0.39, 0.29) is 17.1 Å². The van der Waals surface area contributed by atoms with Gasteiger partial charge in [-0.3, -0.25) is 4.79 Å². The number of methoxy groups -OCH3 is 2. The Morgan fingerprint density at radius 2 is 1.59 bits per heavy atom. The van der Waals surface area contributed by atoms with Crippen LogP contribution in [0.25, 0.3) is 0 Å². The SMILES string of the molecule is COc1cc(C)c(C(=O)C(F)(F)F)cc1OC. The van der Waals surface area contributed by atoms with Crippen LogP contribution in [0.5, 0.6) is 11.5 Å². The van der Waals surface area contributed by atoms with E-state index in [0.717, 1.165) is 6.07 Å². The predicted octanol–water partition coefficient (Wildman–Crippen LogP) is 2.76. The molecule has 1 aromatic rings. The molecule has 0 N–H and O–H groups in total. The smallest absolute Gasteiger partial charge is 0.454 e. The van der Waals surface area contributed by atoms with Crippen molar-refractivity contribution in [1.29, 1.82) is 0 Å². The van der Waals surface area contributed by atoms with Gasteiger partial charge < -0.3 is 9.47 Å². The van der Waals surface area contributed by atoms with Crippen molar-refractivity contribution < 1.29 is 27.4 Å². The van der Waals surface area contributed by atoms with Gasteiger partial charge in [0.05, 0.1) is 14.2 Å². The standard InChI is InChI=1S/C11H11F3O3/c1-6-4-8(16-2)9(17-3)5-7(6)10(15)11(12,13)14/h4-5H,1-3H3. The van der Waals surface area contributed by atoms with Gasteiger partial charge in [0.25, 0.3) is 5.78 Å². The van der Waals surface area contributed by atoms with Crippen molar-refractivity contribution in [1.82, 2.24) is 0 Å². The van der Waals surface area contributed by atoms with Crippen LogP contribution in [0, 0.1) is 6.92 Å². The number of halogens is 3. The van der Waals surface area contributed by atoms with E-state index < -0.39 is 17.5 Å². The van der Waals surface area contributed by atoms with Gasteiger partial charge in [-0.1, -0.05) is 0 Å². The number of hydrogen-bond acceptors (Lipinski definition) is 3. The highest BCUT2D eigenvalue weighted by atomic mass is 19.4. The molecule has 0 heterocycles. The maximum absolute atomic E-state index is 12.3. The van der Waals surface area contributed by atoms with Gasteiger partial charge in [-0.05, 0) is 24.6 Å². The monoisotopic (exact) mass is 248 g/mol. The number of aryl methyl sites for hydroxylation is 1. The Kier molecular flexibility index (Phi) is 3.65. The summed E-state index contributed by atoms with van der Waals surface area (Å²) in [5, 5.41) is 0. The molecular weight excluding hydrogens is 237 g/mol. The van der Waals surface area contributed by atoms with Crippen molar-refractivity contribution in [3.8, 4) is 11.5 Å². The van der Waals surface area contributed by atoms with Crippen LogP contribution in [0.1, 0.15) is 15.9 Å². The van der Waals surface area contributed by atoms with Crippen LogP contribution in [0.2, 0.25) is 0 Å². The normalized spacial score (nSPS) is 11.2. The Hall–Kier alpha value is -1.72. The molecule has 0 aliphatic carbocycles. The van der Waals surface area contributed by atoms with Crippen molar-refractivity contribution in [2.24, 2.45) is 0 Å². The molecule has 0 aromatic heterocycles. The molecule has 0 aliphatic rings. The fourth-order valence-corrected chi connectivity index (χ4v) is 1.38. The Balaban J connectivity index is 3.31. The largest absolute Gasteiger partial charge is 0.493 e. The summed E-state index contributed by atoms with van der Waals surface area (Å²) >= 11 is 0. The second kappa shape index (κ2) is 4.65. The molecule has 94 valence electrons. The summed E-state index contributed by atoms with van der Waals surface area (Å²) in [6, 6.07) is 2.36. The molecule has 0 unspecified atom stereocenters. The highest BCUT2D eigenvalue weighted by Gasteiger charge is 2.40. The summed E-state index contributed by atoms with van der Waals surface area (Å²) in [6.07, 6.45) is -4.90. The van der Waals surface area contributed by atoms with Gasteiger partial charge in [0.2, 0.25) is 0 Å². The molecule has 0 spiro atoms. The van der Waals surface area contributed by atoms with E-state index >= 15 is 0 Å². The van der Waals surface area contributed by atoms with Crippen molar-refractivity contribution in [2.45, 2.75) is 13.1 Å². The lowest BCUT2D eigenvalue weighted by atomic mass is 10.0. The minimum Gasteiger partial charge on any atom is -0.493 e. The lowest BCUT2D eigenvalue weighted by molar-refractivity contribution is -0.0885. The topological polar surface area (TPSA) is 35.5 Å². The minimum absolute atomic E-state index is 0.0886. The fourth-order valence-electron chi connectivity index (χ4n) is 1.38. The number of rotatable bonds is 3. The third kappa shape index (κ3) is 2.69. The van der Waals surface area contributed by atoms with Gasteiger partial charge in [-0.25, -0.2) is 0 Å². The molecular formula is C11H11F3O3. The lowest BCUT2D eigenvalue weighted by Crippen LogP contribution is -2.23. The number of carbonyl (C=O) groups is 1. The van der Waals surface area contributed by atoms with E-state index in [1.165, 1.54) is 27.2 Å². The van der Waals surface area contributed by atoms with E-state index in [0.29, 0.717) is 0 Å². The third-order valence-corrected chi connectivity index (χ3v) is 2.23. The van der Waals surface area contributed by atoms with E-state index in [1.807, 2.05) is 0 Å². The van der Waals surface area contributed by atoms with Crippen LogP contribution in [0.3, 0.4) is 0 Å². The summed E-state index contributed by atoms with van der Waals surface area (Å²) in [4.78, 5) is 11.1. The number of hydrogen-bond donors (Lipinski definition) is 0. The Morgan fingerprint density at radius 1 is 1.12 bits per heavy atom. The zero-order chi connectivity index (χ0) is 13.2. The molecule has 0 radical (unpaired) electrons.